The highest BCUT2D eigenvalue weighted by atomic mass is 16.2. The standard InChI is InChI=1S/C21H23N3O2/c25-20(23-10-5-1-2-6-11-23)17-13-18(15-22-14-17)21(26)24-12-9-16-7-3-4-8-19(16)24/h3-4,7-8,13-15H,1-2,5-6,9-12H2. The van der Waals surface area contributed by atoms with Crippen molar-refractivity contribution in [3.8, 4) is 0 Å². The van der Waals surface area contributed by atoms with Gasteiger partial charge in [0.25, 0.3) is 11.8 Å². The topological polar surface area (TPSA) is 53.5 Å². The Morgan fingerprint density at radius 1 is 0.846 bits per heavy atom. The molecule has 0 saturated carbocycles. The Morgan fingerprint density at radius 2 is 1.54 bits per heavy atom. The average molecular weight is 349 g/mol. The molecule has 26 heavy (non-hydrogen) atoms. The van der Waals surface area contributed by atoms with Gasteiger partial charge >= 0.3 is 0 Å². The molecule has 2 aliphatic rings. The molecule has 0 bridgehead atoms. The van der Waals surface area contributed by atoms with Gasteiger partial charge in [0.2, 0.25) is 0 Å². The van der Waals surface area contributed by atoms with Crippen LogP contribution >= 0.6 is 0 Å². The van der Waals surface area contributed by atoms with Gasteiger partial charge in [-0.3, -0.25) is 14.6 Å². The molecule has 0 atom stereocenters. The largest absolute Gasteiger partial charge is 0.339 e. The summed E-state index contributed by atoms with van der Waals surface area (Å²) in [4.78, 5) is 33.6. The number of hydrogen-bond acceptors (Lipinski definition) is 3. The van der Waals surface area contributed by atoms with E-state index in [0.717, 1.165) is 38.0 Å². The van der Waals surface area contributed by atoms with E-state index < -0.39 is 0 Å². The zero-order valence-corrected chi connectivity index (χ0v) is 14.9. The van der Waals surface area contributed by atoms with Crippen LogP contribution in [0.3, 0.4) is 0 Å². The smallest absolute Gasteiger partial charge is 0.259 e. The summed E-state index contributed by atoms with van der Waals surface area (Å²) in [6.45, 7) is 2.25. The monoisotopic (exact) mass is 349 g/mol. The molecular weight excluding hydrogens is 326 g/mol. The third kappa shape index (κ3) is 3.21. The normalized spacial score (nSPS) is 16.9. The number of pyridine rings is 1. The number of amides is 2. The molecule has 134 valence electrons. The summed E-state index contributed by atoms with van der Waals surface area (Å²) in [5.74, 6) is -0.108. The molecule has 3 heterocycles. The molecule has 1 fully saturated rings. The number of benzene rings is 1. The summed E-state index contributed by atoms with van der Waals surface area (Å²) < 4.78 is 0. The second kappa shape index (κ2) is 7.28. The van der Waals surface area contributed by atoms with E-state index in [1.165, 1.54) is 18.4 Å². The number of hydrogen-bond donors (Lipinski definition) is 0. The highest BCUT2D eigenvalue weighted by Gasteiger charge is 2.26. The summed E-state index contributed by atoms with van der Waals surface area (Å²) >= 11 is 0. The molecule has 0 N–H and O–H groups in total. The van der Waals surface area contributed by atoms with Gasteiger partial charge in [0, 0.05) is 37.7 Å². The van der Waals surface area contributed by atoms with Crippen LogP contribution in [0.1, 0.15) is 52.0 Å². The number of nitrogens with zero attached hydrogens (tertiary/aromatic N) is 3. The maximum atomic E-state index is 13.0. The van der Waals surface area contributed by atoms with Gasteiger partial charge in [-0.2, -0.15) is 0 Å². The lowest BCUT2D eigenvalue weighted by molar-refractivity contribution is 0.0761. The number of fused-ring (bicyclic) bond motifs is 1. The van der Waals surface area contributed by atoms with Crippen LogP contribution in [-0.2, 0) is 6.42 Å². The van der Waals surface area contributed by atoms with E-state index in [1.807, 2.05) is 23.1 Å². The molecule has 5 heteroatoms. The summed E-state index contributed by atoms with van der Waals surface area (Å²) in [5.41, 5.74) is 3.12. The molecule has 2 amide bonds. The zero-order valence-electron chi connectivity index (χ0n) is 14.9. The Labute approximate surface area is 153 Å². The fourth-order valence-electron chi connectivity index (χ4n) is 3.84. The molecule has 0 radical (unpaired) electrons. The predicted molar refractivity (Wildman–Crippen MR) is 100 cm³/mol. The fourth-order valence-corrected chi connectivity index (χ4v) is 3.84. The van der Waals surface area contributed by atoms with Crippen LogP contribution in [0.5, 0.6) is 0 Å². The Balaban J connectivity index is 1.56. The van der Waals surface area contributed by atoms with E-state index in [9.17, 15) is 9.59 Å². The van der Waals surface area contributed by atoms with Gasteiger partial charge in [0.1, 0.15) is 0 Å². The number of likely N-dealkylation sites (tertiary alicyclic amines) is 1. The van der Waals surface area contributed by atoms with Gasteiger partial charge in [-0.05, 0) is 37.0 Å². The number of aromatic nitrogens is 1. The maximum absolute atomic E-state index is 13.0. The van der Waals surface area contributed by atoms with Crippen molar-refractivity contribution in [2.45, 2.75) is 32.1 Å². The first-order valence-electron chi connectivity index (χ1n) is 9.38. The summed E-state index contributed by atoms with van der Waals surface area (Å²) in [6.07, 6.45) is 8.43. The van der Waals surface area contributed by atoms with Gasteiger partial charge in [0.15, 0.2) is 0 Å². The van der Waals surface area contributed by atoms with Crippen molar-refractivity contribution in [1.29, 1.82) is 0 Å². The van der Waals surface area contributed by atoms with Crippen molar-refractivity contribution in [1.82, 2.24) is 9.88 Å². The van der Waals surface area contributed by atoms with Crippen LogP contribution in [-0.4, -0.2) is 41.3 Å². The van der Waals surface area contributed by atoms with Crippen molar-refractivity contribution in [2.24, 2.45) is 0 Å². The highest BCUT2D eigenvalue weighted by molar-refractivity contribution is 6.08. The van der Waals surface area contributed by atoms with Crippen molar-refractivity contribution in [3.05, 3.63) is 59.4 Å². The van der Waals surface area contributed by atoms with E-state index in [4.69, 9.17) is 0 Å². The lowest BCUT2D eigenvalue weighted by atomic mass is 10.1. The summed E-state index contributed by atoms with van der Waals surface area (Å²) in [7, 11) is 0. The van der Waals surface area contributed by atoms with E-state index in [0.29, 0.717) is 17.7 Å². The van der Waals surface area contributed by atoms with E-state index in [2.05, 4.69) is 11.1 Å². The third-order valence-corrected chi connectivity index (χ3v) is 5.26. The Morgan fingerprint density at radius 3 is 2.31 bits per heavy atom. The molecule has 0 unspecified atom stereocenters. The first kappa shape index (κ1) is 16.8. The van der Waals surface area contributed by atoms with Crippen LogP contribution in [0.25, 0.3) is 0 Å². The first-order chi connectivity index (χ1) is 12.7. The third-order valence-electron chi connectivity index (χ3n) is 5.26. The molecule has 0 spiro atoms. The summed E-state index contributed by atoms with van der Waals surface area (Å²) in [6, 6.07) is 9.67. The predicted octanol–water partition coefficient (Wildman–Crippen LogP) is 3.30. The maximum Gasteiger partial charge on any atom is 0.259 e. The minimum atomic E-state index is -0.0898. The molecule has 1 saturated heterocycles. The van der Waals surface area contributed by atoms with Crippen molar-refractivity contribution >= 4 is 17.5 Å². The Hall–Kier alpha value is -2.69. The van der Waals surface area contributed by atoms with E-state index in [1.54, 1.807) is 23.4 Å². The van der Waals surface area contributed by atoms with Crippen molar-refractivity contribution in [2.75, 3.05) is 24.5 Å². The zero-order chi connectivity index (χ0) is 17.9. The molecule has 2 aromatic rings. The van der Waals surface area contributed by atoms with Crippen LogP contribution < -0.4 is 4.90 Å². The van der Waals surface area contributed by atoms with Crippen molar-refractivity contribution < 1.29 is 9.59 Å². The Kier molecular flexibility index (Phi) is 4.69. The Bertz CT molecular complexity index is 826. The minimum Gasteiger partial charge on any atom is -0.339 e. The number of carbonyl (C=O) groups is 2. The molecule has 2 aliphatic heterocycles. The summed E-state index contributed by atoms with van der Waals surface area (Å²) in [5, 5.41) is 0. The molecule has 5 nitrogen and oxygen atoms in total. The van der Waals surface area contributed by atoms with Gasteiger partial charge < -0.3 is 9.80 Å². The van der Waals surface area contributed by atoms with Gasteiger partial charge in [-0.15, -0.1) is 0 Å². The lowest BCUT2D eigenvalue weighted by Gasteiger charge is -2.21. The van der Waals surface area contributed by atoms with Crippen LogP contribution in [0, 0.1) is 0 Å². The quantitative estimate of drug-likeness (QED) is 0.836. The fraction of sp³-hybridized carbons (Fsp3) is 0.381. The first-order valence-corrected chi connectivity index (χ1v) is 9.38. The molecule has 1 aromatic heterocycles. The van der Waals surface area contributed by atoms with Gasteiger partial charge in [-0.1, -0.05) is 31.0 Å². The second-order valence-corrected chi connectivity index (χ2v) is 7.00. The average Bonchev–Trinajstić information content (AvgIpc) is 2.93. The van der Waals surface area contributed by atoms with Gasteiger partial charge in [0.05, 0.1) is 11.1 Å². The number of anilines is 1. The van der Waals surface area contributed by atoms with E-state index in [-0.39, 0.29) is 11.8 Å². The number of rotatable bonds is 2. The minimum absolute atomic E-state index is 0.0177. The highest BCUT2D eigenvalue weighted by Crippen LogP contribution is 2.28. The lowest BCUT2D eigenvalue weighted by Crippen LogP contribution is -2.33. The van der Waals surface area contributed by atoms with E-state index >= 15 is 0 Å². The van der Waals surface area contributed by atoms with Crippen LogP contribution in [0.15, 0.2) is 42.7 Å². The molecule has 1 aromatic carbocycles. The molecule has 4 rings (SSSR count). The SMILES string of the molecule is O=C(c1cncc(C(=O)N2CCc3ccccc32)c1)N1CCCCCC1. The van der Waals surface area contributed by atoms with Crippen LogP contribution in [0.4, 0.5) is 5.69 Å². The number of carbonyl (C=O) groups excluding carboxylic acids is 2. The van der Waals surface area contributed by atoms with Crippen molar-refractivity contribution in [3.63, 3.8) is 0 Å². The van der Waals surface area contributed by atoms with Crippen LogP contribution in [0.2, 0.25) is 0 Å². The molecule has 0 aliphatic carbocycles. The second-order valence-electron chi connectivity index (χ2n) is 7.00. The number of para-hydroxylation sites is 1. The van der Waals surface area contributed by atoms with Gasteiger partial charge in [-0.25, -0.2) is 0 Å². The molecular formula is C21H23N3O2.